The first-order valence-corrected chi connectivity index (χ1v) is 6.38. The van der Waals surface area contributed by atoms with Gasteiger partial charge in [-0.1, -0.05) is 6.92 Å². The molecule has 18 heavy (non-hydrogen) atoms. The lowest BCUT2D eigenvalue weighted by Gasteiger charge is -2.18. The molecule has 1 N–H and O–H groups in total. The van der Waals surface area contributed by atoms with E-state index in [2.05, 4.69) is 5.32 Å². The lowest BCUT2D eigenvalue weighted by atomic mass is 9.97. The standard InChI is InChI=1S/C13H23NO4/c1-4-18-13(17)12(14-11(3)16)8-7-10(2)6-5-9-15/h9-10,12H,4-8H2,1-3H3,(H,14,16)/t10-,12?/m1/s1. The van der Waals surface area contributed by atoms with E-state index in [9.17, 15) is 14.4 Å². The topological polar surface area (TPSA) is 72.5 Å². The lowest BCUT2D eigenvalue weighted by Crippen LogP contribution is -2.41. The van der Waals surface area contributed by atoms with Crippen LogP contribution in [0.1, 0.15) is 46.5 Å². The molecule has 5 nitrogen and oxygen atoms in total. The maximum Gasteiger partial charge on any atom is 0.328 e. The highest BCUT2D eigenvalue weighted by molar-refractivity contribution is 5.83. The molecule has 2 atom stereocenters. The first kappa shape index (κ1) is 16.6. The van der Waals surface area contributed by atoms with Crippen molar-refractivity contribution in [3.63, 3.8) is 0 Å². The Morgan fingerprint density at radius 2 is 1.94 bits per heavy atom. The van der Waals surface area contributed by atoms with E-state index in [0.29, 0.717) is 25.4 Å². The van der Waals surface area contributed by atoms with Crippen LogP contribution < -0.4 is 5.32 Å². The van der Waals surface area contributed by atoms with Crippen molar-refractivity contribution in [3.05, 3.63) is 0 Å². The number of nitrogens with one attached hydrogen (secondary N) is 1. The van der Waals surface area contributed by atoms with Gasteiger partial charge in [0.15, 0.2) is 0 Å². The summed E-state index contributed by atoms with van der Waals surface area (Å²) in [6.07, 6.45) is 3.55. The molecule has 1 unspecified atom stereocenters. The SMILES string of the molecule is CCOC(=O)C(CC[C@H](C)CCC=O)NC(C)=O. The van der Waals surface area contributed by atoms with Gasteiger partial charge < -0.3 is 14.8 Å². The molecule has 1 amide bonds. The highest BCUT2D eigenvalue weighted by Gasteiger charge is 2.21. The highest BCUT2D eigenvalue weighted by Crippen LogP contribution is 2.14. The van der Waals surface area contributed by atoms with Crippen molar-refractivity contribution in [1.29, 1.82) is 0 Å². The van der Waals surface area contributed by atoms with Gasteiger partial charge >= 0.3 is 5.97 Å². The molecule has 0 heterocycles. The van der Waals surface area contributed by atoms with Crippen LogP contribution in [0.15, 0.2) is 0 Å². The van der Waals surface area contributed by atoms with E-state index in [0.717, 1.165) is 19.1 Å². The Balaban J connectivity index is 4.18. The van der Waals surface area contributed by atoms with Crippen LogP contribution >= 0.6 is 0 Å². The number of ether oxygens (including phenoxy) is 1. The third-order valence-electron chi connectivity index (χ3n) is 2.67. The number of carbonyl (C=O) groups excluding carboxylic acids is 3. The molecule has 0 aliphatic heterocycles. The number of rotatable bonds is 9. The van der Waals surface area contributed by atoms with Crippen LogP contribution in [0.4, 0.5) is 0 Å². The smallest absolute Gasteiger partial charge is 0.328 e. The summed E-state index contributed by atoms with van der Waals surface area (Å²) in [7, 11) is 0. The second-order valence-electron chi connectivity index (χ2n) is 4.43. The van der Waals surface area contributed by atoms with Gasteiger partial charge in [-0.2, -0.15) is 0 Å². The Hall–Kier alpha value is -1.39. The highest BCUT2D eigenvalue weighted by atomic mass is 16.5. The zero-order chi connectivity index (χ0) is 14.0. The molecule has 0 aliphatic rings. The number of aldehydes is 1. The molecular weight excluding hydrogens is 234 g/mol. The molecule has 5 heteroatoms. The molecule has 104 valence electrons. The molecule has 0 radical (unpaired) electrons. The van der Waals surface area contributed by atoms with Gasteiger partial charge in [-0.05, 0) is 32.1 Å². The fraction of sp³-hybridized carbons (Fsp3) is 0.769. The molecule has 0 aromatic rings. The Kier molecular flexibility index (Phi) is 8.88. The van der Waals surface area contributed by atoms with Crippen molar-refractivity contribution in [2.75, 3.05) is 6.61 Å². The van der Waals surface area contributed by atoms with E-state index in [1.165, 1.54) is 6.92 Å². The van der Waals surface area contributed by atoms with E-state index in [1.807, 2.05) is 6.92 Å². The number of hydrogen-bond acceptors (Lipinski definition) is 4. The summed E-state index contributed by atoms with van der Waals surface area (Å²) in [5.41, 5.74) is 0. The van der Waals surface area contributed by atoms with Crippen molar-refractivity contribution in [2.45, 2.75) is 52.5 Å². The quantitative estimate of drug-likeness (QED) is 0.501. The van der Waals surface area contributed by atoms with Gasteiger partial charge in [0, 0.05) is 13.3 Å². The number of amides is 1. The van der Waals surface area contributed by atoms with E-state index in [4.69, 9.17) is 4.74 Å². The van der Waals surface area contributed by atoms with Crippen LogP contribution in [-0.4, -0.2) is 30.8 Å². The van der Waals surface area contributed by atoms with Crippen molar-refractivity contribution in [2.24, 2.45) is 5.92 Å². The van der Waals surface area contributed by atoms with E-state index in [-0.39, 0.29) is 5.91 Å². The predicted octanol–water partition coefficient (Wildman–Crippen LogP) is 1.45. The molecule has 0 fully saturated rings. The van der Waals surface area contributed by atoms with Gasteiger partial charge in [0.05, 0.1) is 6.61 Å². The van der Waals surface area contributed by atoms with Crippen LogP contribution in [0.5, 0.6) is 0 Å². The minimum absolute atomic E-state index is 0.242. The second kappa shape index (κ2) is 9.62. The van der Waals surface area contributed by atoms with Gasteiger partial charge in [0.1, 0.15) is 12.3 Å². The second-order valence-corrected chi connectivity index (χ2v) is 4.43. The lowest BCUT2D eigenvalue weighted by molar-refractivity contribution is -0.147. The van der Waals surface area contributed by atoms with Crippen LogP contribution in [0.25, 0.3) is 0 Å². The van der Waals surface area contributed by atoms with Crippen molar-refractivity contribution >= 4 is 18.2 Å². The van der Waals surface area contributed by atoms with Crippen molar-refractivity contribution < 1.29 is 19.1 Å². The fourth-order valence-electron chi connectivity index (χ4n) is 1.69. The van der Waals surface area contributed by atoms with E-state index in [1.54, 1.807) is 6.92 Å². The van der Waals surface area contributed by atoms with Gasteiger partial charge in [0.25, 0.3) is 0 Å². The molecule has 0 aliphatic carbocycles. The number of esters is 1. The summed E-state index contributed by atoms with van der Waals surface area (Å²) in [6, 6.07) is -0.582. The summed E-state index contributed by atoms with van der Waals surface area (Å²) in [6.45, 7) is 5.44. The zero-order valence-electron chi connectivity index (χ0n) is 11.4. The van der Waals surface area contributed by atoms with E-state index >= 15 is 0 Å². The van der Waals surface area contributed by atoms with Crippen LogP contribution in [0.2, 0.25) is 0 Å². The summed E-state index contributed by atoms with van der Waals surface area (Å²) in [5.74, 6) is -0.287. The van der Waals surface area contributed by atoms with Crippen LogP contribution in [0, 0.1) is 5.92 Å². The summed E-state index contributed by atoms with van der Waals surface area (Å²) in [5, 5.41) is 2.59. The van der Waals surface area contributed by atoms with E-state index < -0.39 is 12.0 Å². The Labute approximate surface area is 108 Å². The zero-order valence-corrected chi connectivity index (χ0v) is 11.4. The molecule has 0 rings (SSSR count). The largest absolute Gasteiger partial charge is 0.464 e. The van der Waals surface area contributed by atoms with Gasteiger partial charge in [-0.3, -0.25) is 4.79 Å². The summed E-state index contributed by atoms with van der Waals surface area (Å²) < 4.78 is 4.91. The third-order valence-corrected chi connectivity index (χ3v) is 2.67. The summed E-state index contributed by atoms with van der Waals surface area (Å²) in [4.78, 5) is 32.9. The van der Waals surface area contributed by atoms with Gasteiger partial charge in [-0.15, -0.1) is 0 Å². The maximum absolute atomic E-state index is 11.6. The number of hydrogen-bond donors (Lipinski definition) is 1. The van der Waals surface area contributed by atoms with Crippen molar-refractivity contribution in [1.82, 2.24) is 5.32 Å². The minimum atomic E-state index is -0.582. The molecule has 0 spiro atoms. The van der Waals surface area contributed by atoms with Crippen LogP contribution in [0.3, 0.4) is 0 Å². The average Bonchev–Trinajstić information content (AvgIpc) is 2.31. The first-order chi connectivity index (χ1) is 8.51. The first-order valence-electron chi connectivity index (χ1n) is 6.38. The Morgan fingerprint density at radius 3 is 2.44 bits per heavy atom. The van der Waals surface area contributed by atoms with Gasteiger partial charge in [0.2, 0.25) is 5.91 Å². The molecule has 0 aromatic heterocycles. The fourth-order valence-corrected chi connectivity index (χ4v) is 1.69. The Morgan fingerprint density at radius 1 is 1.28 bits per heavy atom. The monoisotopic (exact) mass is 257 g/mol. The summed E-state index contributed by atoms with van der Waals surface area (Å²) >= 11 is 0. The third kappa shape index (κ3) is 7.81. The van der Waals surface area contributed by atoms with Gasteiger partial charge in [-0.25, -0.2) is 4.79 Å². The van der Waals surface area contributed by atoms with Crippen molar-refractivity contribution in [3.8, 4) is 0 Å². The molecule has 0 aromatic carbocycles. The normalized spacial score (nSPS) is 13.5. The van der Waals surface area contributed by atoms with Crippen LogP contribution in [-0.2, 0) is 19.1 Å². The predicted molar refractivity (Wildman–Crippen MR) is 67.9 cm³/mol. The minimum Gasteiger partial charge on any atom is -0.464 e. The molecule has 0 saturated carbocycles. The molecular formula is C13H23NO4. The average molecular weight is 257 g/mol. The maximum atomic E-state index is 11.6. The number of carbonyl (C=O) groups is 3. The Bertz CT molecular complexity index is 278. The molecule has 0 saturated heterocycles. The molecule has 0 bridgehead atoms.